The highest BCUT2D eigenvalue weighted by atomic mass is 16.4. The van der Waals surface area contributed by atoms with E-state index in [4.69, 9.17) is 0 Å². The van der Waals surface area contributed by atoms with Gasteiger partial charge in [0.15, 0.2) is 0 Å². The van der Waals surface area contributed by atoms with Gasteiger partial charge < -0.3 is 15.4 Å². The van der Waals surface area contributed by atoms with Crippen molar-refractivity contribution in [3.8, 4) is 0 Å². The van der Waals surface area contributed by atoms with E-state index in [2.05, 4.69) is 15.3 Å². The molecule has 6 nitrogen and oxygen atoms in total. The molecule has 0 bridgehead atoms. The lowest BCUT2D eigenvalue weighted by Crippen LogP contribution is -2.45. The Morgan fingerprint density at radius 3 is 2.85 bits per heavy atom. The van der Waals surface area contributed by atoms with Gasteiger partial charge in [0, 0.05) is 5.56 Å². The van der Waals surface area contributed by atoms with Crippen LogP contribution in [-0.2, 0) is 4.79 Å². The molecule has 2 atom stereocenters. The van der Waals surface area contributed by atoms with Crippen molar-refractivity contribution in [3.05, 3.63) is 30.1 Å². The van der Waals surface area contributed by atoms with Gasteiger partial charge in [-0.05, 0) is 24.1 Å². The molecule has 1 aromatic carbocycles. The number of carbonyl (C=O) groups excluding carboxylic acids is 1. The Morgan fingerprint density at radius 1 is 1.45 bits per heavy atom. The van der Waals surface area contributed by atoms with Crippen LogP contribution >= 0.6 is 0 Å². The minimum atomic E-state index is -1.02. The van der Waals surface area contributed by atoms with Gasteiger partial charge in [-0.3, -0.25) is 4.79 Å². The van der Waals surface area contributed by atoms with Gasteiger partial charge in [0.05, 0.1) is 17.4 Å². The molecule has 2 aromatic rings. The average Bonchev–Trinajstić information content (AvgIpc) is 2.90. The van der Waals surface area contributed by atoms with Crippen LogP contribution in [0.15, 0.2) is 24.5 Å². The predicted octanol–water partition coefficient (Wildman–Crippen LogP) is 1.79. The van der Waals surface area contributed by atoms with Crippen LogP contribution in [0.3, 0.4) is 0 Å². The van der Waals surface area contributed by atoms with Gasteiger partial charge in [-0.1, -0.05) is 20.3 Å². The fourth-order valence-electron chi connectivity index (χ4n) is 1.98. The largest absolute Gasteiger partial charge is 0.480 e. The quantitative estimate of drug-likeness (QED) is 0.775. The first-order valence-corrected chi connectivity index (χ1v) is 6.49. The monoisotopic (exact) mass is 275 g/mol. The van der Waals surface area contributed by atoms with Gasteiger partial charge in [-0.2, -0.15) is 0 Å². The molecule has 0 saturated carbocycles. The Labute approximate surface area is 116 Å². The molecule has 1 aromatic heterocycles. The third-order valence-corrected chi connectivity index (χ3v) is 3.45. The number of aromatic nitrogens is 2. The average molecular weight is 275 g/mol. The second kappa shape index (κ2) is 5.73. The summed E-state index contributed by atoms with van der Waals surface area (Å²) >= 11 is 0. The Morgan fingerprint density at radius 2 is 2.20 bits per heavy atom. The fourth-order valence-corrected chi connectivity index (χ4v) is 1.98. The number of carboxylic acid groups (broad SMARTS) is 1. The molecule has 0 aliphatic carbocycles. The number of imidazole rings is 1. The van der Waals surface area contributed by atoms with Gasteiger partial charge in [0.2, 0.25) is 0 Å². The Hall–Kier alpha value is -2.37. The predicted molar refractivity (Wildman–Crippen MR) is 74.4 cm³/mol. The molecule has 0 fully saturated rings. The van der Waals surface area contributed by atoms with E-state index in [9.17, 15) is 14.7 Å². The van der Waals surface area contributed by atoms with E-state index in [1.807, 2.05) is 6.92 Å². The first-order chi connectivity index (χ1) is 9.52. The van der Waals surface area contributed by atoms with Crippen LogP contribution in [-0.4, -0.2) is 33.0 Å². The molecule has 20 heavy (non-hydrogen) atoms. The van der Waals surface area contributed by atoms with Crippen molar-refractivity contribution >= 4 is 22.9 Å². The molecule has 106 valence electrons. The van der Waals surface area contributed by atoms with E-state index in [1.54, 1.807) is 31.5 Å². The number of carboxylic acids is 1. The van der Waals surface area contributed by atoms with Crippen LogP contribution < -0.4 is 5.32 Å². The van der Waals surface area contributed by atoms with Crippen molar-refractivity contribution in [3.63, 3.8) is 0 Å². The van der Waals surface area contributed by atoms with Gasteiger partial charge in [0.25, 0.3) is 5.91 Å². The highest BCUT2D eigenvalue weighted by Gasteiger charge is 2.25. The summed E-state index contributed by atoms with van der Waals surface area (Å²) in [5.41, 5.74) is 1.92. The molecule has 0 saturated heterocycles. The molecule has 6 heteroatoms. The number of aliphatic carboxylic acids is 1. The molecule has 1 heterocycles. The zero-order chi connectivity index (χ0) is 14.7. The van der Waals surface area contributed by atoms with Gasteiger partial charge in [-0.15, -0.1) is 0 Å². The highest BCUT2D eigenvalue weighted by molar-refractivity contribution is 5.99. The first-order valence-electron chi connectivity index (χ1n) is 6.49. The Balaban J connectivity index is 2.19. The molecular weight excluding hydrogens is 258 g/mol. The zero-order valence-electron chi connectivity index (χ0n) is 11.4. The van der Waals surface area contributed by atoms with Crippen LogP contribution in [0.5, 0.6) is 0 Å². The van der Waals surface area contributed by atoms with Crippen LogP contribution in [0.2, 0.25) is 0 Å². The third kappa shape index (κ3) is 2.79. The smallest absolute Gasteiger partial charge is 0.326 e. The van der Waals surface area contributed by atoms with E-state index in [-0.39, 0.29) is 5.92 Å². The molecule has 3 N–H and O–H groups in total. The lowest BCUT2D eigenvalue weighted by molar-refractivity contribution is -0.140. The van der Waals surface area contributed by atoms with E-state index >= 15 is 0 Å². The molecule has 0 spiro atoms. The summed E-state index contributed by atoms with van der Waals surface area (Å²) in [6, 6.07) is 4.13. The lowest BCUT2D eigenvalue weighted by Gasteiger charge is -2.20. The third-order valence-electron chi connectivity index (χ3n) is 3.45. The molecule has 1 amide bonds. The summed E-state index contributed by atoms with van der Waals surface area (Å²) in [5.74, 6) is -1.54. The second-order valence-electron chi connectivity index (χ2n) is 4.81. The van der Waals surface area contributed by atoms with E-state index in [0.717, 1.165) is 11.0 Å². The fraction of sp³-hybridized carbons (Fsp3) is 0.357. The summed E-state index contributed by atoms with van der Waals surface area (Å²) in [6.07, 6.45) is 2.22. The van der Waals surface area contributed by atoms with E-state index in [0.29, 0.717) is 12.0 Å². The summed E-state index contributed by atoms with van der Waals surface area (Å²) in [7, 11) is 0. The number of benzene rings is 1. The normalized spacial score (nSPS) is 13.9. The number of nitrogens with one attached hydrogen (secondary N) is 2. The lowest BCUT2D eigenvalue weighted by atomic mass is 9.99. The summed E-state index contributed by atoms with van der Waals surface area (Å²) in [5, 5.41) is 11.7. The van der Waals surface area contributed by atoms with E-state index in [1.165, 1.54) is 0 Å². The second-order valence-corrected chi connectivity index (χ2v) is 4.81. The molecule has 2 unspecified atom stereocenters. The molecular formula is C14H17N3O3. The number of aromatic amines is 1. The minimum Gasteiger partial charge on any atom is -0.480 e. The van der Waals surface area contributed by atoms with Crippen LogP contribution in [0, 0.1) is 5.92 Å². The van der Waals surface area contributed by atoms with Gasteiger partial charge in [0.1, 0.15) is 6.04 Å². The molecule has 0 aliphatic rings. The summed E-state index contributed by atoms with van der Waals surface area (Å²) in [4.78, 5) is 30.3. The number of H-pyrrole nitrogens is 1. The van der Waals surface area contributed by atoms with Crippen LogP contribution in [0.25, 0.3) is 11.0 Å². The summed E-state index contributed by atoms with van der Waals surface area (Å²) < 4.78 is 0. The van der Waals surface area contributed by atoms with Crippen LogP contribution in [0.1, 0.15) is 30.6 Å². The number of nitrogens with zero attached hydrogens (tertiary/aromatic N) is 1. The summed E-state index contributed by atoms with van der Waals surface area (Å²) in [6.45, 7) is 3.70. The Kier molecular flexibility index (Phi) is 4.02. The van der Waals surface area contributed by atoms with Gasteiger partial charge in [-0.25, -0.2) is 9.78 Å². The maximum atomic E-state index is 12.1. The highest BCUT2D eigenvalue weighted by Crippen LogP contribution is 2.13. The number of amides is 1. The van der Waals surface area contributed by atoms with Crippen molar-refractivity contribution in [1.82, 2.24) is 15.3 Å². The van der Waals surface area contributed by atoms with Crippen LogP contribution in [0.4, 0.5) is 0 Å². The topological polar surface area (TPSA) is 95.1 Å². The SMILES string of the molecule is CCC(C)C(NC(=O)c1ccc2nc[nH]c2c1)C(=O)O. The van der Waals surface area contributed by atoms with Crippen molar-refractivity contribution in [2.45, 2.75) is 26.3 Å². The maximum absolute atomic E-state index is 12.1. The van der Waals surface area contributed by atoms with Crippen molar-refractivity contribution < 1.29 is 14.7 Å². The standard InChI is InChI=1S/C14H17N3O3/c1-3-8(2)12(14(19)20)17-13(18)9-4-5-10-11(6-9)16-7-15-10/h4-8,12H,3H2,1-2H3,(H,15,16)(H,17,18)(H,19,20). The number of hydrogen-bond acceptors (Lipinski definition) is 3. The maximum Gasteiger partial charge on any atom is 0.326 e. The number of carbonyl (C=O) groups is 2. The van der Waals surface area contributed by atoms with E-state index < -0.39 is 17.9 Å². The zero-order valence-corrected chi connectivity index (χ0v) is 11.4. The van der Waals surface area contributed by atoms with Gasteiger partial charge >= 0.3 is 5.97 Å². The number of rotatable bonds is 5. The number of hydrogen-bond donors (Lipinski definition) is 3. The van der Waals surface area contributed by atoms with Crippen molar-refractivity contribution in [2.75, 3.05) is 0 Å². The first kappa shape index (κ1) is 14.0. The van der Waals surface area contributed by atoms with Crippen molar-refractivity contribution in [1.29, 1.82) is 0 Å². The Bertz CT molecular complexity index is 635. The van der Waals surface area contributed by atoms with Crippen molar-refractivity contribution in [2.24, 2.45) is 5.92 Å². The number of fused-ring (bicyclic) bond motifs is 1. The minimum absolute atomic E-state index is 0.132. The molecule has 0 aliphatic heterocycles. The molecule has 2 rings (SSSR count). The molecule has 0 radical (unpaired) electrons.